The van der Waals surface area contributed by atoms with Gasteiger partial charge in [0.05, 0.1) is 5.02 Å². The molecular formula is C23H21Cl2FN4O. The van der Waals surface area contributed by atoms with Crippen molar-refractivity contribution in [3.05, 3.63) is 70.2 Å². The van der Waals surface area contributed by atoms with Gasteiger partial charge in [0.2, 0.25) is 0 Å². The summed E-state index contributed by atoms with van der Waals surface area (Å²) in [5.74, 6) is 1.21. The largest absolute Gasteiger partial charge is 0.299 e. The van der Waals surface area contributed by atoms with E-state index in [1.807, 2.05) is 5.01 Å². The summed E-state index contributed by atoms with van der Waals surface area (Å²) < 4.78 is 15.2. The average molecular weight is 459 g/mol. The fourth-order valence-electron chi connectivity index (χ4n) is 4.68. The number of benzene rings is 2. The van der Waals surface area contributed by atoms with Crippen LogP contribution in [0.3, 0.4) is 0 Å². The van der Waals surface area contributed by atoms with E-state index >= 15 is 0 Å². The molecule has 1 aliphatic heterocycles. The Balaban J connectivity index is 1.48. The molecule has 2 aliphatic rings. The van der Waals surface area contributed by atoms with Crippen molar-refractivity contribution in [3.63, 3.8) is 0 Å². The van der Waals surface area contributed by atoms with E-state index in [4.69, 9.17) is 23.2 Å². The molecule has 2 heterocycles. The molecule has 0 spiro atoms. The normalized spacial score (nSPS) is 20.7. The number of hydrogen-bond acceptors (Lipinski definition) is 3. The van der Waals surface area contributed by atoms with Gasteiger partial charge >= 0.3 is 0 Å². The van der Waals surface area contributed by atoms with E-state index in [9.17, 15) is 9.18 Å². The molecule has 1 saturated carbocycles. The van der Waals surface area contributed by atoms with Crippen molar-refractivity contribution < 1.29 is 9.18 Å². The number of aromatic nitrogens is 2. The van der Waals surface area contributed by atoms with E-state index in [2.05, 4.69) is 10.4 Å². The van der Waals surface area contributed by atoms with Gasteiger partial charge in [0, 0.05) is 35.6 Å². The maximum atomic E-state index is 13.5. The maximum absolute atomic E-state index is 13.5. The summed E-state index contributed by atoms with van der Waals surface area (Å²) in [6.45, 7) is 1.76. The highest BCUT2D eigenvalue weighted by molar-refractivity contribution is 6.36. The Hall–Kier alpha value is -2.41. The van der Waals surface area contributed by atoms with Crippen molar-refractivity contribution in [2.24, 2.45) is 11.8 Å². The molecule has 1 N–H and O–H groups in total. The van der Waals surface area contributed by atoms with Gasteiger partial charge < -0.3 is 0 Å². The summed E-state index contributed by atoms with van der Waals surface area (Å²) >= 11 is 12.5. The van der Waals surface area contributed by atoms with E-state index in [1.165, 1.54) is 31.4 Å². The minimum Gasteiger partial charge on any atom is -0.299 e. The summed E-state index contributed by atoms with van der Waals surface area (Å²) in [5.41, 5.74) is 4.57. The number of hydrazine groups is 1. The molecule has 3 aromatic rings. The summed E-state index contributed by atoms with van der Waals surface area (Å²) in [6, 6.07) is 11.1. The standard InChI is InChI=1S/C23H21Cl2FN4O/c24-16-4-9-19(20(25)10-16)22-27-21(13-30(22)18-7-5-17(26)6-8-18)23(31)28-29-11-14-2-1-3-15(14)12-29/h4-10,13-15H,1-3,11-12H2,(H,28,31). The lowest BCUT2D eigenvalue weighted by molar-refractivity contribution is 0.0809. The average Bonchev–Trinajstić information content (AvgIpc) is 3.43. The third-order valence-electron chi connectivity index (χ3n) is 6.20. The van der Waals surface area contributed by atoms with Crippen molar-refractivity contribution in [3.8, 4) is 17.1 Å². The van der Waals surface area contributed by atoms with E-state index in [-0.39, 0.29) is 17.4 Å². The molecule has 2 atom stereocenters. The Morgan fingerprint density at radius 2 is 1.77 bits per heavy atom. The van der Waals surface area contributed by atoms with Crippen molar-refractivity contribution in [1.82, 2.24) is 20.0 Å². The molecule has 5 nitrogen and oxygen atoms in total. The monoisotopic (exact) mass is 458 g/mol. The highest BCUT2D eigenvalue weighted by Crippen LogP contribution is 2.37. The number of amides is 1. The fraction of sp³-hybridized carbons (Fsp3) is 0.304. The molecule has 0 radical (unpaired) electrons. The van der Waals surface area contributed by atoms with Crippen LogP contribution in [0.15, 0.2) is 48.7 Å². The first-order valence-electron chi connectivity index (χ1n) is 10.3. The van der Waals surface area contributed by atoms with Crippen LogP contribution in [0.25, 0.3) is 17.1 Å². The second-order valence-electron chi connectivity index (χ2n) is 8.22. The number of halogens is 3. The van der Waals surface area contributed by atoms with Gasteiger partial charge in [-0.15, -0.1) is 0 Å². The molecule has 2 unspecified atom stereocenters. The van der Waals surface area contributed by atoms with Crippen LogP contribution in [0.4, 0.5) is 4.39 Å². The van der Waals surface area contributed by atoms with Crippen LogP contribution in [0.5, 0.6) is 0 Å². The van der Waals surface area contributed by atoms with E-state index in [0.717, 1.165) is 13.1 Å². The first-order valence-corrected chi connectivity index (χ1v) is 11.1. The molecule has 1 amide bonds. The first-order chi connectivity index (χ1) is 15.0. The van der Waals surface area contributed by atoms with Gasteiger partial charge in [-0.2, -0.15) is 0 Å². The minimum atomic E-state index is -0.340. The number of fused-ring (bicyclic) bond motifs is 1. The van der Waals surface area contributed by atoms with Crippen LogP contribution >= 0.6 is 23.2 Å². The zero-order valence-corrected chi connectivity index (χ0v) is 18.2. The quantitative estimate of drug-likeness (QED) is 0.572. The van der Waals surface area contributed by atoms with Crippen molar-refractivity contribution >= 4 is 29.1 Å². The lowest BCUT2D eigenvalue weighted by Crippen LogP contribution is -2.41. The third kappa shape index (κ3) is 4.07. The number of carbonyl (C=O) groups is 1. The second kappa shape index (κ2) is 8.26. The lowest BCUT2D eigenvalue weighted by Gasteiger charge is -2.17. The zero-order valence-electron chi connectivity index (χ0n) is 16.7. The van der Waals surface area contributed by atoms with Gasteiger partial charge in [-0.25, -0.2) is 14.4 Å². The van der Waals surface area contributed by atoms with E-state index in [0.29, 0.717) is 39.0 Å². The number of nitrogens with one attached hydrogen (secondary N) is 1. The van der Waals surface area contributed by atoms with Crippen LogP contribution in [0.1, 0.15) is 29.8 Å². The number of imidazole rings is 1. The number of hydrogen-bond donors (Lipinski definition) is 1. The zero-order chi connectivity index (χ0) is 21.5. The van der Waals surface area contributed by atoms with E-state index < -0.39 is 0 Å². The van der Waals surface area contributed by atoms with Gasteiger partial charge in [0.25, 0.3) is 5.91 Å². The minimum absolute atomic E-state index is 0.266. The van der Waals surface area contributed by atoms with Crippen molar-refractivity contribution in [1.29, 1.82) is 0 Å². The van der Waals surface area contributed by atoms with Gasteiger partial charge in [-0.3, -0.25) is 14.8 Å². The molecule has 2 aromatic carbocycles. The number of rotatable bonds is 4. The predicted octanol–water partition coefficient (Wildman–Crippen LogP) is 5.36. The van der Waals surface area contributed by atoms with Crippen LogP contribution < -0.4 is 5.43 Å². The van der Waals surface area contributed by atoms with E-state index in [1.54, 1.807) is 41.1 Å². The fourth-order valence-corrected chi connectivity index (χ4v) is 5.17. The van der Waals surface area contributed by atoms with Crippen LogP contribution in [-0.4, -0.2) is 33.6 Å². The molecule has 2 fully saturated rings. The lowest BCUT2D eigenvalue weighted by atomic mass is 10.0. The highest BCUT2D eigenvalue weighted by Gasteiger charge is 2.37. The van der Waals surface area contributed by atoms with Gasteiger partial charge in [0.15, 0.2) is 0 Å². The topological polar surface area (TPSA) is 50.2 Å². The molecule has 160 valence electrons. The summed E-state index contributed by atoms with van der Waals surface area (Å²) in [5, 5.41) is 2.93. The third-order valence-corrected chi connectivity index (χ3v) is 6.75. The summed E-state index contributed by atoms with van der Waals surface area (Å²) in [4.78, 5) is 17.6. The molecule has 0 bridgehead atoms. The number of carbonyl (C=O) groups excluding carboxylic acids is 1. The first kappa shape index (κ1) is 20.5. The Bertz CT molecular complexity index is 1120. The molecular weight excluding hydrogens is 438 g/mol. The molecule has 1 aromatic heterocycles. The Labute approximate surface area is 189 Å². The Morgan fingerprint density at radius 1 is 1.06 bits per heavy atom. The smallest absolute Gasteiger partial charge is 0.285 e. The SMILES string of the molecule is O=C(NN1CC2CCCC2C1)c1cn(-c2ccc(F)cc2)c(-c2ccc(Cl)cc2Cl)n1. The second-order valence-corrected chi connectivity index (χ2v) is 9.06. The molecule has 1 saturated heterocycles. The van der Waals surface area contributed by atoms with Gasteiger partial charge in [-0.05, 0) is 67.1 Å². The summed E-state index contributed by atoms with van der Waals surface area (Å²) in [7, 11) is 0. The predicted molar refractivity (Wildman–Crippen MR) is 119 cm³/mol. The van der Waals surface area contributed by atoms with Crippen molar-refractivity contribution in [2.75, 3.05) is 13.1 Å². The molecule has 8 heteroatoms. The molecule has 5 rings (SSSR count). The van der Waals surface area contributed by atoms with Gasteiger partial charge in [-0.1, -0.05) is 29.6 Å². The summed E-state index contributed by atoms with van der Waals surface area (Å²) in [6.07, 6.45) is 5.40. The van der Waals surface area contributed by atoms with Crippen LogP contribution in [-0.2, 0) is 0 Å². The number of nitrogens with zero attached hydrogens (tertiary/aromatic N) is 3. The van der Waals surface area contributed by atoms with Crippen molar-refractivity contribution in [2.45, 2.75) is 19.3 Å². The molecule has 31 heavy (non-hydrogen) atoms. The Morgan fingerprint density at radius 3 is 2.45 bits per heavy atom. The Kier molecular flexibility index (Phi) is 5.46. The van der Waals surface area contributed by atoms with Crippen LogP contribution in [0.2, 0.25) is 10.0 Å². The highest BCUT2D eigenvalue weighted by atomic mass is 35.5. The van der Waals surface area contributed by atoms with Crippen LogP contribution in [0, 0.1) is 17.7 Å². The maximum Gasteiger partial charge on any atom is 0.285 e. The molecule has 1 aliphatic carbocycles. The van der Waals surface area contributed by atoms with Gasteiger partial charge in [0.1, 0.15) is 17.3 Å².